The van der Waals surface area contributed by atoms with Crippen LogP contribution in [-0.2, 0) is 27.5 Å². The molecule has 1 atom stereocenters. The largest absolute Gasteiger partial charge is 0.503 e. The molecule has 3 aromatic carbocycles. The van der Waals surface area contributed by atoms with E-state index < -0.39 is 23.6 Å². The molecule has 0 saturated heterocycles. The lowest BCUT2D eigenvalue weighted by Crippen LogP contribution is -2.35. The fourth-order valence-corrected chi connectivity index (χ4v) is 4.22. The molecule has 0 aliphatic carbocycles. The van der Waals surface area contributed by atoms with Crippen molar-refractivity contribution in [1.29, 1.82) is 0 Å². The molecule has 0 aromatic heterocycles. The molecule has 1 unspecified atom stereocenters. The first-order valence-electron chi connectivity index (χ1n) is 11.9. The van der Waals surface area contributed by atoms with Crippen molar-refractivity contribution in [2.24, 2.45) is 0 Å². The third-order valence-corrected chi connectivity index (χ3v) is 6.15. The van der Waals surface area contributed by atoms with Crippen LogP contribution in [-0.4, -0.2) is 49.2 Å². The van der Waals surface area contributed by atoms with Gasteiger partial charge in [0.15, 0.2) is 5.76 Å². The van der Waals surface area contributed by atoms with Crippen molar-refractivity contribution in [3.63, 3.8) is 0 Å². The SMILES string of the molecule is COCCN1C(=O)C(O)=C(C(=O)NCc2ccc(OC)cc2)C1c1ccccc1OCc1ccccc1. The molecule has 0 fully saturated rings. The van der Waals surface area contributed by atoms with E-state index >= 15 is 0 Å². The van der Waals surface area contributed by atoms with E-state index in [4.69, 9.17) is 14.2 Å². The number of hydrogen-bond donors (Lipinski definition) is 2. The van der Waals surface area contributed by atoms with Gasteiger partial charge in [-0.1, -0.05) is 60.7 Å². The number of benzene rings is 3. The molecule has 8 nitrogen and oxygen atoms in total. The van der Waals surface area contributed by atoms with E-state index in [1.165, 1.54) is 12.0 Å². The number of hydrogen-bond acceptors (Lipinski definition) is 6. The number of aliphatic hydroxyl groups is 1. The second-order valence-corrected chi connectivity index (χ2v) is 8.50. The number of rotatable bonds is 11. The van der Waals surface area contributed by atoms with E-state index in [2.05, 4.69) is 5.32 Å². The van der Waals surface area contributed by atoms with Crippen molar-refractivity contribution >= 4 is 11.8 Å². The first kappa shape index (κ1) is 25.8. The molecule has 0 bridgehead atoms. The quantitative estimate of drug-likeness (QED) is 0.412. The average molecular weight is 503 g/mol. The summed E-state index contributed by atoms with van der Waals surface area (Å²) in [6.45, 7) is 0.950. The molecule has 2 N–H and O–H groups in total. The number of carbonyl (C=O) groups is 2. The zero-order valence-corrected chi connectivity index (χ0v) is 20.8. The van der Waals surface area contributed by atoms with Gasteiger partial charge in [-0.2, -0.15) is 0 Å². The minimum atomic E-state index is -0.842. The number of aliphatic hydroxyl groups excluding tert-OH is 1. The van der Waals surface area contributed by atoms with Gasteiger partial charge in [0.05, 0.1) is 25.3 Å². The predicted octanol–water partition coefficient (Wildman–Crippen LogP) is 3.93. The topological polar surface area (TPSA) is 97.3 Å². The highest BCUT2D eigenvalue weighted by molar-refractivity contribution is 6.08. The highest BCUT2D eigenvalue weighted by atomic mass is 16.5. The number of ether oxygens (including phenoxy) is 3. The van der Waals surface area contributed by atoms with E-state index in [9.17, 15) is 14.7 Å². The molecule has 3 aromatic rings. The Morgan fingerprint density at radius 1 is 0.946 bits per heavy atom. The van der Waals surface area contributed by atoms with Crippen LogP contribution >= 0.6 is 0 Å². The molecule has 0 radical (unpaired) electrons. The molecule has 8 heteroatoms. The van der Waals surface area contributed by atoms with E-state index in [0.29, 0.717) is 23.7 Å². The van der Waals surface area contributed by atoms with Gasteiger partial charge in [0.2, 0.25) is 0 Å². The fraction of sp³-hybridized carbons (Fsp3) is 0.241. The number of nitrogens with zero attached hydrogens (tertiary/aromatic N) is 1. The summed E-state index contributed by atoms with van der Waals surface area (Å²) in [7, 11) is 3.11. The van der Waals surface area contributed by atoms with Gasteiger partial charge in [-0.25, -0.2) is 0 Å². The van der Waals surface area contributed by atoms with Crippen molar-refractivity contribution in [3.05, 3.63) is 107 Å². The number of nitrogens with one attached hydrogen (secondary N) is 1. The molecule has 1 aliphatic heterocycles. The number of methoxy groups -OCH3 is 2. The first-order valence-corrected chi connectivity index (χ1v) is 11.9. The van der Waals surface area contributed by atoms with Crippen molar-refractivity contribution in [2.75, 3.05) is 27.4 Å². The minimum absolute atomic E-state index is 0.0228. The van der Waals surface area contributed by atoms with Crippen LogP contribution in [0.5, 0.6) is 11.5 Å². The Bertz CT molecular complexity index is 1260. The minimum Gasteiger partial charge on any atom is -0.503 e. The lowest BCUT2D eigenvalue weighted by molar-refractivity contribution is -0.130. The van der Waals surface area contributed by atoms with Gasteiger partial charge >= 0.3 is 0 Å². The van der Waals surface area contributed by atoms with Crippen LogP contribution in [0.1, 0.15) is 22.7 Å². The van der Waals surface area contributed by atoms with E-state index in [1.807, 2.05) is 54.6 Å². The molecule has 4 rings (SSSR count). The van der Waals surface area contributed by atoms with Crippen LogP contribution in [0.15, 0.2) is 90.2 Å². The van der Waals surface area contributed by atoms with Gasteiger partial charge < -0.3 is 29.5 Å². The van der Waals surface area contributed by atoms with Crippen LogP contribution in [0.2, 0.25) is 0 Å². The third kappa shape index (κ3) is 5.92. The Morgan fingerprint density at radius 2 is 1.65 bits per heavy atom. The number of para-hydroxylation sites is 1. The number of carbonyl (C=O) groups excluding carboxylic acids is 2. The molecule has 0 spiro atoms. The van der Waals surface area contributed by atoms with Gasteiger partial charge in [0.1, 0.15) is 18.1 Å². The lowest BCUT2D eigenvalue weighted by atomic mass is 9.97. The molecular weight excluding hydrogens is 472 g/mol. The summed E-state index contributed by atoms with van der Waals surface area (Å²) < 4.78 is 16.5. The highest BCUT2D eigenvalue weighted by Crippen LogP contribution is 2.41. The second kappa shape index (κ2) is 12.1. The molecule has 192 valence electrons. The maximum atomic E-state index is 13.4. The van der Waals surface area contributed by atoms with Gasteiger partial charge in [0, 0.05) is 25.8 Å². The van der Waals surface area contributed by atoms with E-state index in [0.717, 1.165) is 11.1 Å². The van der Waals surface area contributed by atoms with Crippen molar-refractivity contribution in [3.8, 4) is 11.5 Å². The van der Waals surface area contributed by atoms with Crippen molar-refractivity contribution in [1.82, 2.24) is 10.2 Å². The Balaban J connectivity index is 1.62. The Morgan fingerprint density at radius 3 is 2.35 bits per heavy atom. The molecule has 0 saturated carbocycles. The van der Waals surface area contributed by atoms with Gasteiger partial charge in [-0.05, 0) is 29.3 Å². The average Bonchev–Trinajstić information content (AvgIpc) is 3.19. The van der Waals surface area contributed by atoms with Crippen LogP contribution in [0.25, 0.3) is 0 Å². The zero-order valence-electron chi connectivity index (χ0n) is 20.8. The number of amides is 2. The predicted molar refractivity (Wildman–Crippen MR) is 138 cm³/mol. The Hall–Kier alpha value is -4.30. The molecular formula is C29H30N2O6. The van der Waals surface area contributed by atoms with Crippen molar-refractivity contribution < 1.29 is 28.9 Å². The summed E-state index contributed by atoms with van der Waals surface area (Å²) in [5, 5.41) is 13.7. The van der Waals surface area contributed by atoms with Gasteiger partial charge in [-0.3, -0.25) is 9.59 Å². The lowest BCUT2D eigenvalue weighted by Gasteiger charge is -2.28. The van der Waals surface area contributed by atoms with Crippen LogP contribution in [0.3, 0.4) is 0 Å². The monoisotopic (exact) mass is 502 g/mol. The smallest absolute Gasteiger partial charge is 0.290 e. The van der Waals surface area contributed by atoms with Crippen LogP contribution in [0.4, 0.5) is 0 Å². The summed E-state index contributed by atoms with van der Waals surface area (Å²) in [6, 6.07) is 23.4. The molecule has 37 heavy (non-hydrogen) atoms. The molecule has 2 amide bonds. The first-order chi connectivity index (χ1) is 18.0. The van der Waals surface area contributed by atoms with E-state index in [-0.39, 0.29) is 25.3 Å². The summed E-state index contributed by atoms with van der Waals surface area (Å²) in [5.74, 6) is -0.523. The summed E-state index contributed by atoms with van der Waals surface area (Å²) >= 11 is 0. The molecule has 1 aliphatic rings. The molecule has 1 heterocycles. The van der Waals surface area contributed by atoms with Crippen LogP contribution in [0, 0.1) is 0 Å². The van der Waals surface area contributed by atoms with Gasteiger partial charge in [0.25, 0.3) is 11.8 Å². The highest BCUT2D eigenvalue weighted by Gasteiger charge is 2.44. The zero-order chi connectivity index (χ0) is 26.2. The van der Waals surface area contributed by atoms with Crippen LogP contribution < -0.4 is 14.8 Å². The standard InChI is InChI=1S/C29H30N2O6/c1-35-17-16-31-26(23-10-6-7-11-24(23)37-19-21-8-4-3-5-9-21)25(27(32)29(31)34)28(33)30-18-20-12-14-22(36-2)15-13-20/h3-15,26,32H,16-19H2,1-2H3,(H,30,33). The Kier molecular flexibility index (Phi) is 8.43. The summed E-state index contributed by atoms with van der Waals surface area (Å²) in [6.07, 6.45) is 0. The van der Waals surface area contributed by atoms with Crippen molar-refractivity contribution in [2.45, 2.75) is 19.2 Å². The second-order valence-electron chi connectivity index (χ2n) is 8.50. The van der Waals surface area contributed by atoms with Gasteiger partial charge in [-0.15, -0.1) is 0 Å². The Labute approximate surface area is 216 Å². The maximum absolute atomic E-state index is 13.4. The summed E-state index contributed by atoms with van der Waals surface area (Å²) in [4.78, 5) is 27.9. The fourth-order valence-electron chi connectivity index (χ4n) is 4.22. The maximum Gasteiger partial charge on any atom is 0.290 e. The third-order valence-electron chi connectivity index (χ3n) is 6.15. The van der Waals surface area contributed by atoms with E-state index in [1.54, 1.807) is 31.4 Å². The summed E-state index contributed by atoms with van der Waals surface area (Å²) in [5.41, 5.74) is 2.40. The normalized spacial score (nSPS) is 15.1.